The molecule has 0 aliphatic heterocycles. The van der Waals surface area contributed by atoms with E-state index in [2.05, 4.69) is 9.85 Å². The first-order valence-corrected chi connectivity index (χ1v) is 4.70. The van der Waals surface area contributed by atoms with E-state index in [0.29, 0.717) is 25.2 Å². The Hall–Kier alpha value is 0.210. The predicted molar refractivity (Wildman–Crippen MR) is 51.2 cm³/mol. The number of hydrogen-bond acceptors (Lipinski definition) is 2. The summed E-state index contributed by atoms with van der Waals surface area (Å²) in [6.07, 6.45) is 1.95. The fourth-order valence-electron chi connectivity index (χ4n) is 1.49. The molecule has 0 aromatic heterocycles. The van der Waals surface area contributed by atoms with Gasteiger partial charge in [-0.3, -0.25) is 0 Å². The first kappa shape index (κ1) is 9.30. The van der Waals surface area contributed by atoms with Gasteiger partial charge in [0.2, 0.25) is 0 Å². The molecular formula is C8H11IO2. The molecule has 11 heavy (non-hydrogen) atoms. The highest BCUT2D eigenvalue weighted by atomic mass is 127. The molecule has 0 bridgehead atoms. The monoisotopic (exact) mass is 266 g/mol. The summed E-state index contributed by atoms with van der Waals surface area (Å²) in [6.45, 7) is 0.194. The molecular weight excluding hydrogens is 255 g/mol. The molecule has 0 saturated heterocycles. The summed E-state index contributed by atoms with van der Waals surface area (Å²) < 4.78 is 2.72. The van der Waals surface area contributed by atoms with Crippen LogP contribution in [-0.4, -0.2) is 22.4 Å². The third-order valence-corrected chi connectivity index (χ3v) is 2.46. The van der Waals surface area contributed by atoms with Crippen LogP contribution in [0.15, 0.2) is 0 Å². The molecule has 1 saturated carbocycles. The van der Waals surface area contributed by atoms with Gasteiger partial charge in [-0.25, -0.2) is 0 Å². The molecule has 0 heterocycles. The second-order valence-corrected chi connectivity index (χ2v) is 3.67. The molecule has 0 aromatic carbocycles. The Morgan fingerprint density at radius 2 is 2.18 bits per heavy atom. The second-order valence-electron chi connectivity index (χ2n) is 3.13. The Kier molecular flexibility index (Phi) is 3.16. The standard InChI is InChI=1S/C8H11IO2/c9-3-1-2-8(11)4-7(5-8)6-10/h7,10-11H,2,4-6H2. The number of rotatable bonds is 2. The Balaban J connectivity index is 2.29. The Morgan fingerprint density at radius 3 is 2.64 bits per heavy atom. The molecule has 1 aliphatic carbocycles. The van der Waals surface area contributed by atoms with E-state index < -0.39 is 5.60 Å². The first-order chi connectivity index (χ1) is 5.20. The molecule has 2 nitrogen and oxygen atoms in total. The minimum Gasteiger partial charge on any atom is -0.396 e. The van der Waals surface area contributed by atoms with Gasteiger partial charge in [-0.2, -0.15) is 0 Å². The SMILES string of the molecule is OCC1CC(O)(CC#CI)C1. The molecule has 1 fully saturated rings. The molecule has 0 radical (unpaired) electrons. The van der Waals surface area contributed by atoms with Crippen LogP contribution in [0, 0.1) is 15.8 Å². The summed E-state index contributed by atoms with van der Waals surface area (Å²) in [5, 5.41) is 18.3. The van der Waals surface area contributed by atoms with Gasteiger partial charge in [-0.1, -0.05) is 5.92 Å². The lowest BCUT2D eigenvalue weighted by Gasteiger charge is -2.41. The Labute approximate surface area is 80.1 Å². The Bertz CT molecular complexity index is 186. The minimum atomic E-state index is -0.592. The maximum absolute atomic E-state index is 9.63. The van der Waals surface area contributed by atoms with Crippen molar-refractivity contribution >= 4 is 22.6 Å². The fraction of sp³-hybridized carbons (Fsp3) is 0.750. The van der Waals surface area contributed by atoms with Crippen molar-refractivity contribution in [2.24, 2.45) is 5.92 Å². The third-order valence-electron chi connectivity index (χ3n) is 2.08. The quantitative estimate of drug-likeness (QED) is 0.576. The highest BCUT2D eigenvalue weighted by Crippen LogP contribution is 2.39. The summed E-state index contributed by atoms with van der Waals surface area (Å²) in [5.74, 6) is 3.14. The van der Waals surface area contributed by atoms with Gasteiger partial charge in [0.1, 0.15) is 0 Å². The third kappa shape index (κ3) is 2.32. The van der Waals surface area contributed by atoms with Gasteiger partial charge >= 0.3 is 0 Å². The molecule has 2 N–H and O–H groups in total. The van der Waals surface area contributed by atoms with Gasteiger partial charge in [0.05, 0.1) is 5.60 Å². The largest absolute Gasteiger partial charge is 0.396 e. The van der Waals surface area contributed by atoms with Crippen LogP contribution in [0.4, 0.5) is 0 Å². The first-order valence-electron chi connectivity index (χ1n) is 3.62. The van der Waals surface area contributed by atoms with Crippen molar-refractivity contribution in [1.82, 2.24) is 0 Å². The van der Waals surface area contributed by atoms with E-state index in [9.17, 15) is 5.11 Å². The van der Waals surface area contributed by atoms with E-state index in [1.54, 1.807) is 0 Å². The minimum absolute atomic E-state index is 0.194. The lowest BCUT2D eigenvalue weighted by Crippen LogP contribution is -2.44. The predicted octanol–water partition coefficient (Wildman–Crippen LogP) is 0.906. The topological polar surface area (TPSA) is 40.5 Å². The average Bonchev–Trinajstić information content (AvgIpc) is 1.95. The van der Waals surface area contributed by atoms with Crippen LogP contribution < -0.4 is 0 Å². The van der Waals surface area contributed by atoms with Crippen molar-refractivity contribution in [1.29, 1.82) is 0 Å². The van der Waals surface area contributed by atoms with Gasteiger partial charge in [0, 0.05) is 35.6 Å². The smallest absolute Gasteiger partial charge is 0.0763 e. The van der Waals surface area contributed by atoms with E-state index in [4.69, 9.17) is 5.11 Å². The van der Waals surface area contributed by atoms with E-state index in [-0.39, 0.29) is 6.61 Å². The van der Waals surface area contributed by atoms with Gasteiger partial charge in [0.15, 0.2) is 0 Å². The van der Waals surface area contributed by atoms with E-state index in [1.165, 1.54) is 0 Å². The molecule has 1 aliphatic rings. The number of aliphatic hydroxyl groups excluding tert-OH is 1. The van der Waals surface area contributed by atoms with Crippen molar-refractivity contribution in [2.45, 2.75) is 24.9 Å². The number of halogens is 1. The van der Waals surface area contributed by atoms with E-state index in [0.717, 1.165) is 0 Å². The second kappa shape index (κ2) is 3.74. The molecule has 0 spiro atoms. The van der Waals surface area contributed by atoms with Crippen LogP contribution in [0.3, 0.4) is 0 Å². The molecule has 62 valence electrons. The van der Waals surface area contributed by atoms with Crippen LogP contribution in [0.1, 0.15) is 19.3 Å². The fourth-order valence-corrected chi connectivity index (χ4v) is 1.68. The molecule has 3 heteroatoms. The van der Waals surface area contributed by atoms with Crippen LogP contribution in [0.2, 0.25) is 0 Å². The van der Waals surface area contributed by atoms with E-state index in [1.807, 2.05) is 22.6 Å². The van der Waals surface area contributed by atoms with Crippen LogP contribution in [-0.2, 0) is 0 Å². The van der Waals surface area contributed by atoms with Crippen molar-refractivity contribution in [3.8, 4) is 9.85 Å². The molecule has 0 atom stereocenters. The van der Waals surface area contributed by atoms with Gasteiger partial charge < -0.3 is 10.2 Å². The summed E-state index contributed by atoms with van der Waals surface area (Å²) in [6, 6.07) is 0. The van der Waals surface area contributed by atoms with Crippen molar-refractivity contribution < 1.29 is 10.2 Å². The average molecular weight is 266 g/mol. The lowest BCUT2D eigenvalue weighted by atomic mass is 9.70. The van der Waals surface area contributed by atoms with Crippen LogP contribution in [0.5, 0.6) is 0 Å². The zero-order valence-corrected chi connectivity index (χ0v) is 8.34. The van der Waals surface area contributed by atoms with Crippen molar-refractivity contribution in [3.05, 3.63) is 0 Å². The summed E-state index contributed by atoms with van der Waals surface area (Å²) in [7, 11) is 0. The zero-order chi connectivity index (χ0) is 8.32. The van der Waals surface area contributed by atoms with Crippen molar-refractivity contribution in [2.75, 3.05) is 6.61 Å². The molecule has 1 rings (SSSR count). The molecule has 0 aromatic rings. The van der Waals surface area contributed by atoms with Crippen LogP contribution >= 0.6 is 22.6 Å². The van der Waals surface area contributed by atoms with Crippen molar-refractivity contribution in [3.63, 3.8) is 0 Å². The summed E-state index contributed by atoms with van der Waals surface area (Å²) in [4.78, 5) is 0. The molecule has 0 unspecified atom stereocenters. The summed E-state index contributed by atoms with van der Waals surface area (Å²) in [5.41, 5.74) is -0.592. The number of aliphatic hydroxyl groups is 2. The maximum atomic E-state index is 9.63. The number of hydrogen-bond donors (Lipinski definition) is 2. The van der Waals surface area contributed by atoms with Gasteiger partial charge in [-0.05, 0) is 22.7 Å². The Morgan fingerprint density at radius 1 is 1.55 bits per heavy atom. The van der Waals surface area contributed by atoms with E-state index >= 15 is 0 Å². The van der Waals surface area contributed by atoms with Gasteiger partial charge in [0.25, 0.3) is 0 Å². The lowest BCUT2D eigenvalue weighted by molar-refractivity contribution is -0.0829. The zero-order valence-electron chi connectivity index (χ0n) is 6.18. The van der Waals surface area contributed by atoms with Gasteiger partial charge in [-0.15, -0.1) is 0 Å². The summed E-state index contributed by atoms with van der Waals surface area (Å²) >= 11 is 1.96. The van der Waals surface area contributed by atoms with Crippen LogP contribution in [0.25, 0.3) is 0 Å². The molecule has 0 amide bonds. The maximum Gasteiger partial charge on any atom is 0.0763 e. The highest BCUT2D eigenvalue weighted by Gasteiger charge is 2.41. The highest BCUT2D eigenvalue weighted by molar-refractivity contribution is 14.1. The normalized spacial score (nSPS) is 35.4.